The molecule has 0 aromatic carbocycles. The summed E-state index contributed by atoms with van der Waals surface area (Å²) in [5.41, 5.74) is 11.2. The van der Waals surface area contributed by atoms with E-state index < -0.39 is 0 Å². The molecular weight excluding hydrogens is 178 g/mol. The summed E-state index contributed by atoms with van der Waals surface area (Å²) in [5, 5.41) is 0. The second kappa shape index (κ2) is 5.98. The lowest BCUT2D eigenvalue weighted by Crippen LogP contribution is -2.46. The molecule has 0 aromatic rings. The van der Waals surface area contributed by atoms with Crippen molar-refractivity contribution in [2.24, 2.45) is 11.5 Å². The number of nitrogens with two attached hydrogens (primary N) is 2. The number of carbonyl (C=O) groups is 1. The zero-order valence-electron chi connectivity index (χ0n) is 8.74. The van der Waals surface area contributed by atoms with Crippen molar-refractivity contribution >= 4 is 5.91 Å². The van der Waals surface area contributed by atoms with Crippen molar-refractivity contribution < 1.29 is 4.79 Å². The molecule has 1 rings (SSSR count). The van der Waals surface area contributed by atoms with Crippen molar-refractivity contribution in [3.05, 3.63) is 0 Å². The summed E-state index contributed by atoms with van der Waals surface area (Å²) < 4.78 is 0. The molecule has 82 valence electrons. The fraction of sp³-hybridized carbons (Fsp3) is 0.900. The van der Waals surface area contributed by atoms with Gasteiger partial charge in [0, 0.05) is 13.1 Å². The minimum Gasteiger partial charge on any atom is -0.341 e. The Morgan fingerprint density at radius 2 is 1.93 bits per heavy atom. The molecule has 4 N–H and O–H groups in total. The Balaban J connectivity index is 2.30. The second-order valence-electron chi connectivity index (χ2n) is 3.92. The molecular formula is C10H21N3O. The molecule has 1 unspecified atom stereocenters. The van der Waals surface area contributed by atoms with Crippen molar-refractivity contribution in [2.75, 3.05) is 19.6 Å². The van der Waals surface area contributed by atoms with E-state index in [9.17, 15) is 4.79 Å². The van der Waals surface area contributed by atoms with Gasteiger partial charge in [-0.25, -0.2) is 0 Å². The molecule has 1 aliphatic rings. The van der Waals surface area contributed by atoms with Gasteiger partial charge in [0.2, 0.25) is 5.91 Å². The number of nitrogens with zero attached hydrogens (tertiary/aromatic N) is 1. The van der Waals surface area contributed by atoms with Gasteiger partial charge >= 0.3 is 0 Å². The van der Waals surface area contributed by atoms with Crippen LogP contribution in [0.5, 0.6) is 0 Å². The minimum atomic E-state index is -0.336. The highest BCUT2D eigenvalue weighted by Crippen LogP contribution is 2.10. The highest BCUT2D eigenvalue weighted by atomic mass is 16.2. The van der Waals surface area contributed by atoms with E-state index in [0.29, 0.717) is 13.0 Å². The van der Waals surface area contributed by atoms with Crippen molar-refractivity contribution in [3.63, 3.8) is 0 Å². The standard InChI is InChI=1S/C10H21N3O/c11-6-4-5-9(12)10(14)13-7-2-1-3-8-13/h9H,1-8,11-12H2. The van der Waals surface area contributed by atoms with Crippen LogP contribution in [0, 0.1) is 0 Å². The van der Waals surface area contributed by atoms with E-state index in [2.05, 4.69) is 0 Å². The lowest BCUT2D eigenvalue weighted by molar-refractivity contribution is -0.133. The van der Waals surface area contributed by atoms with Crippen LogP contribution >= 0.6 is 0 Å². The van der Waals surface area contributed by atoms with Gasteiger partial charge in [-0.3, -0.25) is 4.79 Å². The molecule has 1 heterocycles. The minimum absolute atomic E-state index is 0.109. The first-order chi connectivity index (χ1) is 6.75. The molecule has 0 spiro atoms. The van der Waals surface area contributed by atoms with Gasteiger partial charge in [-0.15, -0.1) is 0 Å². The maximum atomic E-state index is 11.8. The number of amides is 1. The van der Waals surface area contributed by atoms with Gasteiger partial charge < -0.3 is 16.4 Å². The van der Waals surface area contributed by atoms with E-state index in [1.54, 1.807) is 0 Å². The molecule has 1 aliphatic heterocycles. The summed E-state index contributed by atoms with van der Waals surface area (Å²) >= 11 is 0. The largest absolute Gasteiger partial charge is 0.341 e. The molecule has 0 bridgehead atoms. The number of likely N-dealkylation sites (tertiary alicyclic amines) is 1. The Kier molecular flexibility index (Phi) is 4.90. The zero-order chi connectivity index (χ0) is 10.4. The summed E-state index contributed by atoms with van der Waals surface area (Å²) in [6, 6.07) is -0.336. The predicted octanol–water partition coefficient (Wildman–Crippen LogP) is 0.0651. The molecule has 1 fully saturated rings. The molecule has 1 atom stereocenters. The Labute approximate surface area is 85.6 Å². The van der Waals surface area contributed by atoms with Gasteiger partial charge in [0.1, 0.15) is 0 Å². The average molecular weight is 199 g/mol. The van der Waals surface area contributed by atoms with Crippen LogP contribution in [0.2, 0.25) is 0 Å². The summed E-state index contributed by atoms with van der Waals surface area (Å²) in [6.45, 7) is 2.38. The topological polar surface area (TPSA) is 72.3 Å². The predicted molar refractivity (Wildman–Crippen MR) is 56.7 cm³/mol. The average Bonchev–Trinajstić information content (AvgIpc) is 2.26. The zero-order valence-corrected chi connectivity index (χ0v) is 8.74. The summed E-state index contributed by atoms with van der Waals surface area (Å²) in [6.07, 6.45) is 5.03. The van der Waals surface area contributed by atoms with Crippen molar-refractivity contribution in [1.82, 2.24) is 4.90 Å². The van der Waals surface area contributed by atoms with Gasteiger partial charge in [0.25, 0.3) is 0 Å². The maximum absolute atomic E-state index is 11.8. The highest BCUT2D eigenvalue weighted by Gasteiger charge is 2.21. The molecule has 14 heavy (non-hydrogen) atoms. The summed E-state index contributed by atoms with van der Waals surface area (Å²) in [7, 11) is 0. The van der Waals surface area contributed by atoms with Crippen LogP contribution in [0.4, 0.5) is 0 Å². The van der Waals surface area contributed by atoms with Gasteiger partial charge in [-0.1, -0.05) is 0 Å². The number of hydrogen-bond donors (Lipinski definition) is 2. The van der Waals surface area contributed by atoms with Gasteiger partial charge in [0.15, 0.2) is 0 Å². The number of rotatable bonds is 4. The summed E-state index contributed by atoms with van der Waals surface area (Å²) in [5.74, 6) is 0.109. The first-order valence-electron chi connectivity index (χ1n) is 5.50. The molecule has 1 amide bonds. The third-order valence-electron chi connectivity index (χ3n) is 2.70. The van der Waals surface area contributed by atoms with E-state index in [1.165, 1.54) is 6.42 Å². The lowest BCUT2D eigenvalue weighted by atomic mass is 10.1. The van der Waals surface area contributed by atoms with E-state index in [0.717, 1.165) is 32.4 Å². The van der Waals surface area contributed by atoms with Crippen LogP contribution in [-0.4, -0.2) is 36.5 Å². The molecule has 4 heteroatoms. The first kappa shape index (κ1) is 11.5. The molecule has 0 saturated carbocycles. The number of carbonyl (C=O) groups excluding carboxylic acids is 1. The van der Waals surface area contributed by atoms with Crippen LogP contribution in [0.25, 0.3) is 0 Å². The Morgan fingerprint density at radius 1 is 1.29 bits per heavy atom. The van der Waals surface area contributed by atoms with Gasteiger partial charge in [-0.2, -0.15) is 0 Å². The van der Waals surface area contributed by atoms with E-state index in [4.69, 9.17) is 11.5 Å². The van der Waals surface area contributed by atoms with Gasteiger partial charge in [0.05, 0.1) is 6.04 Å². The highest BCUT2D eigenvalue weighted by molar-refractivity contribution is 5.81. The fourth-order valence-electron chi connectivity index (χ4n) is 1.81. The first-order valence-corrected chi connectivity index (χ1v) is 5.50. The summed E-state index contributed by atoms with van der Waals surface area (Å²) in [4.78, 5) is 13.7. The smallest absolute Gasteiger partial charge is 0.239 e. The van der Waals surface area contributed by atoms with Crippen molar-refractivity contribution in [2.45, 2.75) is 38.1 Å². The third kappa shape index (κ3) is 3.27. The van der Waals surface area contributed by atoms with Crippen LogP contribution in [0.15, 0.2) is 0 Å². The van der Waals surface area contributed by atoms with Crippen LogP contribution in [-0.2, 0) is 4.79 Å². The quantitative estimate of drug-likeness (QED) is 0.672. The Bertz CT molecular complexity index is 178. The Hall–Kier alpha value is -0.610. The lowest BCUT2D eigenvalue weighted by Gasteiger charge is -2.29. The second-order valence-corrected chi connectivity index (χ2v) is 3.92. The van der Waals surface area contributed by atoms with Crippen LogP contribution < -0.4 is 11.5 Å². The van der Waals surface area contributed by atoms with Crippen LogP contribution in [0.1, 0.15) is 32.1 Å². The van der Waals surface area contributed by atoms with Crippen molar-refractivity contribution in [1.29, 1.82) is 0 Å². The monoisotopic (exact) mass is 199 g/mol. The molecule has 0 aliphatic carbocycles. The number of piperidine rings is 1. The molecule has 0 aromatic heterocycles. The van der Waals surface area contributed by atoms with E-state index >= 15 is 0 Å². The SMILES string of the molecule is NCCCC(N)C(=O)N1CCCCC1. The molecule has 4 nitrogen and oxygen atoms in total. The van der Waals surface area contributed by atoms with Crippen molar-refractivity contribution in [3.8, 4) is 0 Å². The fourth-order valence-corrected chi connectivity index (χ4v) is 1.81. The number of hydrogen-bond acceptors (Lipinski definition) is 3. The van der Waals surface area contributed by atoms with Gasteiger partial charge in [-0.05, 0) is 38.6 Å². The van der Waals surface area contributed by atoms with E-state index in [-0.39, 0.29) is 11.9 Å². The van der Waals surface area contributed by atoms with E-state index in [1.807, 2.05) is 4.90 Å². The van der Waals surface area contributed by atoms with Crippen LogP contribution in [0.3, 0.4) is 0 Å². The molecule has 1 saturated heterocycles. The normalized spacial score (nSPS) is 19.4. The molecule has 0 radical (unpaired) electrons. The maximum Gasteiger partial charge on any atom is 0.239 e. The third-order valence-corrected chi connectivity index (χ3v) is 2.70. The Morgan fingerprint density at radius 3 is 2.50 bits per heavy atom.